The third-order valence-corrected chi connectivity index (χ3v) is 5.03. The fourth-order valence-corrected chi connectivity index (χ4v) is 3.35. The lowest BCUT2D eigenvalue weighted by Gasteiger charge is -2.38. The van der Waals surface area contributed by atoms with Gasteiger partial charge in [0.15, 0.2) is 0 Å². The first-order valence-corrected chi connectivity index (χ1v) is 7.61. The summed E-state index contributed by atoms with van der Waals surface area (Å²) in [5.74, 6) is 0. The van der Waals surface area contributed by atoms with Crippen LogP contribution in [-0.2, 0) is 12.0 Å². The molecule has 1 fully saturated rings. The Morgan fingerprint density at radius 1 is 1.33 bits per heavy atom. The normalized spacial score (nSPS) is 26.5. The summed E-state index contributed by atoms with van der Waals surface area (Å²) in [5, 5.41) is 4.72. The molecule has 4 heteroatoms. The highest BCUT2D eigenvalue weighted by Crippen LogP contribution is 2.28. The molecule has 1 saturated heterocycles. The van der Waals surface area contributed by atoms with E-state index in [0.29, 0.717) is 12.1 Å². The molecule has 2 heterocycles. The Morgan fingerprint density at radius 2 is 1.94 bits per heavy atom. The van der Waals surface area contributed by atoms with Crippen LogP contribution in [0.25, 0.3) is 0 Å². The molecule has 1 aliphatic heterocycles. The van der Waals surface area contributed by atoms with E-state index in [9.17, 15) is 0 Å². The molecule has 18 heavy (non-hydrogen) atoms. The molecule has 1 aromatic heterocycles. The molecule has 1 aromatic rings. The van der Waals surface area contributed by atoms with Crippen LogP contribution in [0.15, 0.2) is 6.20 Å². The summed E-state index contributed by atoms with van der Waals surface area (Å²) >= 11 is 1.86. The molecule has 1 N–H and O–H groups in total. The first-order chi connectivity index (χ1) is 8.38. The van der Waals surface area contributed by atoms with Crippen molar-refractivity contribution in [1.29, 1.82) is 0 Å². The fourth-order valence-electron chi connectivity index (χ4n) is 2.37. The van der Waals surface area contributed by atoms with Crippen molar-refractivity contribution in [2.75, 3.05) is 13.1 Å². The van der Waals surface area contributed by atoms with E-state index in [-0.39, 0.29) is 5.41 Å². The van der Waals surface area contributed by atoms with E-state index in [1.807, 2.05) is 11.3 Å². The van der Waals surface area contributed by atoms with Gasteiger partial charge in [-0.3, -0.25) is 4.90 Å². The van der Waals surface area contributed by atoms with E-state index < -0.39 is 0 Å². The van der Waals surface area contributed by atoms with Gasteiger partial charge in [-0.1, -0.05) is 20.8 Å². The Kier molecular flexibility index (Phi) is 4.09. The first kappa shape index (κ1) is 14.0. The first-order valence-electron chi connectivity index (χ1n) is 6.79. The number of hydrogen-bond acceptors (Lipinski definition) is 4. The minimum absolute atomic E-state index is 0.219. The molecule has 0 unspecified atom stereocenters. The van der Waals surface area contributed by atoms with Crippen LogP contribution in [0.3, 0.4) is 0 Å². The third-order valence-electron chi connectivity index (χ3n) is 3.62. The Bertz CT molecular complexity index is 384. The van der Waals surface area contributed by atoms with Crippen molar-refractivity contribution in [3.8, 4) is 0 Å². The maximum atomic E-state index is 4.60. The number of nitrogens with zero attached hydrogens (tertiary/aromatic N) is 2. The molecule has 2 atom stereocenters. The number of thiazole rings is 1. The molecule has 3 nitrogen and oxygen atoms in total. The maximum Gasteiger partial charge on any atom is 0.107 e. The molecule has 0 bridgehead atoms. The molecule has 0 spiro atoms. The van der Waals surface area contributed by atoms with Crippen molar-refractivity contribution >= 4 is 11.3 Å². The number of rotatable bonds is 2. The van der Waals surface area contributed by atoms with Crippen molar-refractivity contribution in [2.45, 2.75) is 58.7 Å². The van der Waals surface area contributed by atoms with Crippen molar-refractivity contribution < 1.29 is 0 Å². The standard InChI is InChI=1S/C14H25N3S/c1-10-6-15-7-11(2)17(10)9-13-16-8-12(18-13)14(3,4)5/h8,10-11,15H,6-7,9H2,1-5H3/t10-,11+. The van der Waals surface area contributed by atoms with Gasteiger partial charge in [-0.25, -0.2) is 4.98 Å². The van der Waals surface area contributed by atoms with E-state index in [0.717, 1.165) is 19.6 Å². The van der Waals surface area contributed by atoms with E-state index in [4.69, 9.17) is 0 Å². The average Bonchev–Trinajstić information content (AvgIpc) is 2.72. The van der Waals surface area contributed by atoms with Gasteiger partial charge in [-0.05, 0) is 19.3 Å². The number of nitrogens with one attached hydrogen (secondary N) is 1. The molecular formula is C14H25N3S. The van der Waals surface area contributed by atoms with E-state index in [1.54, 1.807) is 0 Å². The summed E-state index contributed by atoms with van der Waals surface area (Å²) < 4.78 is 0. The molecule has 0 saturated carbocycles. The maximum absolute atomic E-state index is 4.60. The van der Waals surface area contributed by atoms with Crippen molar-refractivity contribution in [2.24, 2.45) is 0 Å². The van der Waals surface area contributed by atoms with Crippen LogP contribution in [0.2, 0.25) is 0 Å². The van der Waals surface area contributed by atoms with Crippen molar-refractivity contribution in [1.82, 2.24) is 15.2 Å². The van der Waals surface area contributed by atoms with Crippen LogP contribution in [-0.4, -0.2) is 35.1 Å². The van der Waals surface area contributed by atoms with E-state index in [2.05, 4.69) is 56.0 Å². The Balaban J connectivity index is 2.06. The predicted octanol–water partition coefficient (Wildman–Crippen LogP) is 2.62. The van der Waals surface area contributed by atoms with Crippen LogP contribution in [0, 0.1) is 0 Å². The zero-order chi connectivity index (χ0) is 13.3. The SMILES string of the molecule is C[C@@H]1CNC[C@H](C)N1Cc1ncc(C(C)(C)C)s1. The summed E-state index contributed by atoms with van der Waals surface area (Å²) in [6.07, 6.45) is 2.05. The van der Waals surface area contributed by atoms with Gasteiger partial charge in [0.25, 0.3) is 0 Å². The van der Waals surface area contributed by atoms with E-state index >= 15 is 0 Å². The van der Waals surface area contributed by atoms with Crippen LogP contribution in [0.5, 0.6) is 0 Å². The lowest BCUT2D eigenvalue weighted by atomic mass is 9.96. The number of piperazine rings is 1. The molecule has 1 aliphatic rings. The van der Waals surface area contributed by atoms with Gasteiger partial charge in [-0.15, -0.1) is 11.3 Å². The largest absolute Gasteiger partial charge is 0.314 e. The van der Waals surface area contributed by atoms with Gasteiger partial charge < -0.3 is 5.32 Å². The average molecular weight is 267 g/mol. The second-order valence-electron chi connectivity index (χ2n) is 6.40. The topological polar surface area (TPSA) is 28.2 Å². The minimum Gasteiger partial charge on any atom is -0.314 e. The Hall–Kier alpha value is -0.450. The number of hydrogen-bond donors (Lipinski definition) is 1. The second-order valence-corrected chi connectivity index (χ2v) is 7.51. The molecule has 0 aliphatic carbocycles. The van der Waals surface area contributed by atoms with Gasteiger partial charge in [0.1, 0.15) is 5.01 Å². The highest BCUT2D eigenvalue weighted by molar-refractivity contribution is 7.11. The van der Waals surface area contributed by atoms with Gasteiger partial charge in [-0.2, -0.15) is 0 Å². The lowest BCUT2D eigenvalue weighted by molar-refractivity contribution is 0.108. The van der Waals surface area contributed by atoms with Gasteiger partial charge in [0.2, 0.25) is 0 Å². The highest BCUT2D eigenvalue weighted by Gasteiger charge is 2.26. The molecule has 0 radical (unpaired) electrons. The Morgan fingerprint density at radius 3 is 2.44 bits per heavy atom. The molecular weight excluding hydrogens is 242 g/mol. The van der Waals surface area contributed by atoms with Crippen LogP contribution in [0.4, 0.5) is 0 Å². The number of aromatic nitrogens is 1. The van der Waals surface area contributed by atoms with Crippen LogP contribution >= 0.6 is 11.3 Å². The van der Waals surface area contributed by atoms with Gasteiger partial charge in [0, 0.05) is 36.2 Å². The summed E-state index contributed by atoms with van der Waals surface area (Å²) in [7, 11) is 0. The zero-order valence-electron chi connectivity index (χ0n) is 12.2. The van der Waals surface area contributed by atoms with Crippen LogP contribution in [0.1, 0.15) is 44.5 Å². The fraction of sp³-hybridized carbons (Fsp3) is 0.786. The zero-order valence-corrected chi connectivity index (χ0v) is 13.0. The Labute approximate surface area is 115 Å². The summed E-state index contributed by atoms with van der Waals surface area (Å²) in [6, 6.07) is 1.19. The van der Waals surface area contributed by atoms with Gasteiger partial charge in [0.05, 0.1) is 6.54 Å². The minimum atomic E-state index is 0.219. The smallest absolute Gasteiger partial charge is 0.107 e. The van der Waals surface area contributed by atoms with Crippen LogP contribution < -0.4 is 5.32 Å². The quantitative estimate of drug-likeness (QED) is 0.893. The highest BCUT2D eigenvalue weighted by atomic mass is 32.1. The van der Waals surface area contributed by atoms with Crippen molar-refractivity contribution in [3.05, 3.63) is 16.1 Å². The summed E-state index contributed by atoms with van der Waals surface area (Å²) in [6.45, 7) is 14.5. The monoisotopic (exact) mass is 267 g/mol. The second kappa shape index (κ2) is 5.27. The predicted molar refractivity (Wildman–Crippen MR) is 78.2 cm³/mol. The van der Waals surface area contributed by atoms with Gasteiger partial charge >= 0.3 is 0 Å². The van der Waals surface area contributed by atoms with Crippen molar-refractivity contribution in [3.63, 3.8) is 0 Å². The molecule has 2 rings (SSSR count). The molecule has 0 amide bonds. The third kappa shape index (κ3) is 3.11. The summed E-state index contributed by atoms with van der Waals surface area (Å²) in [5.41, 5.74) is 0.219. The van der Waals surface area contributed by atoms with E-state index in [1.165, 1.54) is 9.88 Å². The molecule has 0 aromatic carbocycles. The molecule has 102 valence electrons. The summed E-state index contributed by atoms with van der Waals surface area (Å²) in [4.78, 5) is 8.54. The lowest BCUT2D eigenvalue weighted by Crippen LogP contribution is -2.54.